The lowest BCUT2D eigenvalue weighted by molar-refractivity contribution is 0.0907. The lowest BCUT2D eigenvalue weighted by Crippen LogP contribution is -2.12. The summed E-state index contributed by atoms with van der Waals surface area (Å²) in [6.45, 7) is 0. The van der Waals surface area contributed by atoms with Gasteiger partial charge < -0.3 is 5.11 Å². The van der Waals surface area contributed by atoms with Crippen molar-refractivity contribution in [2.75, 3.05) is 6.26 Å². The van der Waals surface area contributed by atoms with Crippen LogP contribution >= 0.6 is 0 Å². The highest BCUT2D eigenvalue weighted by atomic mass is 32.2. The summed E-state index contributed by atoms with van der Waals surface area (Å²) >= 11 is 0. The minimum Gasteiger partial charge on any atom is -0.385 e. The van der Waals surface area contributed by atoms with Gasteiger partial charge in [-0.15, -0.1) is 0 Å². The number of aliphatic hydroxyl groups excluding tert-OH is 1. The SMILES string of the molecule is CS(=O)(=O)c1ccc([C@@H]2CCCCc3cc(F)cc(F)c32)c2c1[C@H](O)[C@H](F)C2. The Hall–Kier alpha value is -1.86. The molecule has 3 atom stereocenters. The van der Waals surface area contributed by atoms with Crippen LogP contribution in [0.4, 0.5) is 13.2 Å². The van der Waals surface area contributed by atoms with Crippen molar-refractivity contribution in [1.82, 2.24) is 0 Å². The van der Waals surface area contributed by atoms with Gasteiger partial charge in [0.25, 0.3) is 0 Å². The third-order valence-electron chi connectivity index (χ3n) is 5.88. The number of aryl methyl sites for hydroxylation is 1. The zero-order valence-corrected chi connectivity index (χ0v) is 16.2. The molecule has 2 aromatic carbocycles. The molecule has 150 valence electrons. The molecule has 0 spiro atoms. The fourth-order valence-corrected chi connectivity index (χ4v) is 5.66. The van der Waals surface area contributed by atoms with Crippen LogP contribution in [0.2, 0.25) is 0 Å². The summed E-state index contributed by atoms with van der Waals surface area (Å²) in [5, 5.41) is 10.3. The summed E-state index contributed by atoms with van der Waals surface area (Å²) in [5.41, 5.74) is 2.13. The maximum Gasteiger partial charge on any atom is 0.175 e. The van der Waals surface area contributed by atoms with Gasteiger partial charge in [0.2, 0.25) is 0 Å². The third kappa shape index (κ3) is 3.14. The van der Waals surface area contributed by atoms with Gasteiger partial charge in [0.05, 0.1) is 4.90 Å². The number of alkyl halides is 1. The predicted molar refractivity (Wildman–Crippen MR) is 98.9 cm³/mol. The van der Waals surface area contributed by atoms with Crippen LogP contribution in [0.15, 0.2) is 29.2 Å². The zero-order valence-electron chi connectivity index (χ0n) is 15.4. The van der Waals surface area contributed by atoms with E-state index in [-0.39, 0.29) is 16.9 Å². The molecule has 2 aliphatic rings. The molecule has 0 fully saturated rings. The number of aliphatic hydroxyl groups is 1. The van der Waals surface area contributed by atoms with E-state index in [1.54, 1.807) is 6.07 Å². The quantitative estimate of drug-likeness (QED) is 0.757. The molecule has 7 heteroatoms. The molecule has 0 heterocycles. The third-order valence-corrected chi connectivity index (χ3v) is 7.04. The van der Waals surface area contributed by atoms with Crippen molar-refractivity contribution in [2.24, 2.45) is 0 Å². The molecular formula is C21H21F3O3S. The van der Waals surface area contributed by atoms with E-state index < -0.39 is 39.7 Å². The number of hydrogen-bond donors (Lipinski definition) is 1. The molecule has 0 amide bonds. The Morgan fingerprint density at radius 3 is 2.57 bits per heavy atom. The Morgan fingerprint density at radius 1 is 1.11 bits per heavy atom. The Kier molecular flexibility index (Phi) is 4.78. The normalized spacial score (nSPS) is 24.5. The number of halogens is 3. The fraction of sp³-hybridized carbons (Fsp3) is 0.429. The molecular weight excluding hydrogens is 389 g/mol. The molecule has 4 rings (SSSR count). The number of benzene rings is 2. The Morgan fingerprint density at radius 2 is 1.86 bits per heavy atom. The van der Waals surface area contributed by atoms with Crippen molar-refractivity contribution < 1.29 is 26.7 Å². The summed E-state index contributed by atoms with van der Waals surface area (Å²) in [6.07, 6.45) is 0.470. The average molecular weight is 410 g/mol. The first-order valence-corrected chi connectivity index (χ1v) is 11.2. The van der Waals surface area contributed by atoms with E-state index in [0.29, 0.717) is 35.1 Å². The first-order chi connectivity index (χ1) is 13.2. The van der Waals surface area contributed by atoms with E-state index in [1.807, 2.05) is 0 Å². The molecule has 1 N–H and O–H groups in total. The van der Waals surface area contributed by atoms with E-state index in [4.69, 9.17) is 0 Å². The van der Waals surface area contributed by atoms with E-state index in [0.717, 1.165) is 25.2 Å². The van der Waals surface area contributed by atoms with Gasteiger partial charge in [-0.1, -0.05) is 12.5 Å². The lowest BCUT2D eigenvalue weighted by Gasteiger charge is -2.23. The van der Waals surface area contributed by atoms with E-state index in [9.17, 15) is 26.7 Å². The second-order valence-corrected chi connectivity index (χ2v) is 9.73. The van der Waals surface area contributed by atoms with Crippen LogP contribution in [0, 0.1) is 11.6 Å². The van der Waals surface area contributed by atoms with Crippen LogP contribution < -0.4 is 0 Å². The van der Waals surface area contributed by atoms with Gasteiger partial charge in [0.1, 0.15) is 23.9 Å². The highest BCUT2D eigenvalue weighted by Gasteiger charge is 2.39. The summed E-state index contributed by atoms with van der Waals surface area (Å²) in [6, 6.07) is 5.17. The van der Waals surface area contributed by atoms with Crippen molar-refractivity contribution in [2.45, 2.75) is 55.2 Å². The predicted octanol–water partition coefficient (Wildman–Crippen LogP) is 4.15. The highest BCUT2D eigenvalue weighted by Crippen LogP contribution is 2.46. The van der Waals surface area contributed by atoms with Crippen molar-refractivity contribution in [3.05, 3.63) is 63.7 Å². The van der Waals surface area contributed by atoms with Crippen LogP contribution in [0.3, 0.4) is 0 Å². The fourth-order valence-electron chi connectivity index (χ4n) is 4.70. The van der Waals surface area contributed by atoms with Crippen LogP contribution in [0.25, 0.3) is 0 Å². The Bertz CT molecular complexity index is 1050. The Labute approximate surface area is 162 Å². The minimum absolute atomic E-state index is 0.0841. The first-order valence-electron chi connectivity index (χ1n) is 9.34. The first kappa shape index (κ1) is 19.5. The van der Waals surface area contributed by atoms with Crippen LogP contribution in [0.5, 0.6) is 0 Å². The summed E-state index contributed by atoms with van der Waals surface area (Å²) in [7, 11) is -3.66. The summed E-state index contributed by atoms with van der Waals surface area (Å²) in [4.78, 5) is -0.0904. The van der Waals surface area contributed by atoms with Crippen LogP contribution in [-0.4, -0.2) is 26.0 Å². The van der Waals surface area contributed by atoms with Crippen molar-refractivity contribution >= 4 is 9.84 Å². The van der Waals surface area contributed by atoms with Gasteiger partial charge in [-0.2, -0.15) is 0 Å². The average Bonchev–Trinajstić information content (AvgIpc) is 2.78. The molecule has 0 radical (unpaired) electrons. The molecule has 0 aromatic heterocycles. The molecule has 0 unspecified atom stereocenters. The summed E-state index contributed by atoms with van der Waals surface area (Å²) in [5.74, 6) is -1.70. The number of hydrogen-bond acceptors (Lipinski definition) is 3. The molecule has 0 saturated carbocycles. The van der Waals surface area contributed by atoms with Crippen LogP contribution in [0.1, 0.15) is 59.1 Å². The topological polar surface area (TPSA) is 54.4 Å². The standard InChI is InChI=1S/C21H21F3O3S/c1-28(26,27)18-7-6-13(15-10-17(24)21(25)20(15)18)14-5-3-2-4-11-8-12(22)9-16(23)19(11)14/h6-9,14,17,21,25H,2-5,10H2,1H3/t14-,17+,21+/m0/s1. The van der Waals surface area contributed by atoms with Gasteiger partial charge in [-0.3, -0.25) is 0 Å². The molecule has 0 bridgehead atoms. The molecule has 2 aromatic rings. The number of rotatable bonds is 2. The Balaban J connectivity index is 1.95. The second kappa shape index (κ2) is 6.88. The van der Waals surface area contributed by atoms with Gasteiger partial charge in [-0.25, -0.2) is 21.6 Å². The maximum absolute atomic E-state index is 14.8. The van der Waals surface area contributed by atoms with Crippen LogP contribution in [-0.2, 0) is 22.7 Å². The molecule has 3 nitrogen and oxygen atoms in total. The van der Waals surface area contributed by atoms with E-state index in [1.165, 1.54) is 12.1 Å². The van der Waals surface area contributed by atoms with Crippen molar-refractivity contribution in [3.8, 4) is 0 Å². The van der Waals surface area contributed by atoms with Gasteiger partial charge in [0, 0.05) is 30.2 Å². The molecule has 0 aliphatic heterocycles. The number of sulfone groups is 1. The number of fused-ring (bicyclic) bond motifs is 2. The van der Waals surface area contributed by atoms with E-state index >= 15 is 0 Å². The largest absolute Gasteiger partial charge is 0.385 e. The zero-order chi connectivity index (χ0) is 20.2. The van der Waals surface area contributed by atoms with Crippen molar-refractivity contribution in [1.29, 1.82) is 0 Å². The van der Waals surface area contributed by atoms with E-state index in [2.05, 4.69) is 0 Å². The maximum atomic E-state index is 14.8. The van der Waals surface area contributed by atoms with Crippen molar-refractivity contribution in [3.63, 3.8) is 0 Å². The highest BCUT2D eigenvalue weighted by molar-refractivity contribution is 7.90. The smallest absolute Gasteiger partial charge is 0.175 e. The molecule has 2 aliphatic carbocycles. The van der Waals surface area contributed by atoms with Gasteiger partial charge in [0.15, 0.2) is 9.84 Å². The molecule has 28 heavy (non-hydrogen) atoms. The monoisotopic (exact) mass is 410 g/mol. The summed E-state index contributed by atoms with van der Waals surface area (Å²) < 4.78 is 67.1. The minimum atomic E-state index is -3.66. The lowest BCUT2D eigenvalue weighted by atomic mass is 9.82. The van der Waals surface area contributed by atoms with Gasteiger partial charge >= 0.3 is 0 Å². The van der Waals surface area contributed by atoms with Gasteiger partial charge in [-0.05, 0) is 53.6 Å². The second-order valence-electron chi connectivity index (χ2n) is 7.74. The molecule has 0 saturated heterocycles.